The lowest BCUT2D eigenvalue weighted by molar-refractivity contribution is -0.139. The number of aryl methyl sites for hydroxylation is 1. The lowest BCUT2D eigenvalue weighted by atomic mass is 9.96. The first-order chi connectivity index (χ1) is 23.0. The van der Waals surface area contributed by atoms with E-state index in [2.05, 4.69) is 16.3 Å². The number of hydrogen-bond donors (Lipinski definition) is 2. The molecule has 9 nitrogen and oxygen atoms in total. The van der Waals surface area contributed by atoms with E-state index in [-0.39, 0.29) is 35.3 Å². The zero-order chi connectivity index (χ0) is 34.3. The summed E-state index contributed by atoms with van der Waals surface area (Å²) in [6.07, 6.45) is 7.74. The van der Waals surface area contributed by atoms with E-state index in [0.717, 1.165) is 60.2 Å². The molecular weight excluding hydrogens is 628 g/mol. The molecule has 1 aromatic heterocycles. The highest BCUT2D eigenvalue weighted by molar-refractivity contribution is 6.36. The number of likely N-dealkylation sites (tertiary alicyclic amines) is 1. The Kier molecular flexibility index (Phi) is 9.45. The standard InChI is InChI=1S/C38H41ClN4O5/c1-6-7-8-11-26(37(45)42(3)4)35(44)40-29-15-10-12-23(21(29)2)24-13-9-14-25(34(24)39)30-18-22-16-17-31(32(22)36(41-30)48-5)43-19-27-28(20-43)33(27)38(46)47/h7-15,18,27-28,31,33H,6,16-17,19-20H2,1-5H3,(H,40,44)(H,46,47)/b8-7+,26-11-. The number of anilines is 1. The van der Waals surface area contributed by atoms with Crippen LogP contribution in [0.1, 0.15) is 42.5 Å². The summed E-state index contributed by atoms with van der Waals surface area (Å²) in [5, 5.41) is 12.9. The van der Waals surface area contributed by atoms with Crippen molar-refractivity contribution in [2.45, 2.75) is 39.2 Å². The Balaban J connectivity index is 1.28. The van der Waals surface area contributed by atoms with Gasteiger partial charge in [-0.15, -0.1) is 0 Å². The number of nitrogens with zero attached hydrogens (tertiary/aromatic N) is 3. The summed E-state index contributed by atoms with van der Waals surface area (Å²) in [7, 11) is 4.87. The summed E-state index contributed by atoms with van der Waals surface area (Å²) in [5.41, 5.74) is 6.80. The van der Waals surface area contributed by atoms with E-state index >= 15 is 0 Å². The van der Waals surface area contributed by atoms with Crippen LogP contribution in [0.3, 0.4) is 0 Å². The Morgan fingerprint density at radius 2 is 1.79 bits per heavy atom. The van der Waals surface area contributed by atoms with Gasteiger partial charge in [-0.2, -0.15) is 0 Å². The number of methoxy groups -OCH3 is 1. The molecule has 2 fully saturated rings. The molecule has 1 aliphatic heterocycles. The van der Waals surface area contributed by atoms with Crippen LogP contribution in [0.5, 0.6) is 5.88 Å². The molecule has 3 unspecified atom stereocenters. The molecule has 2 aliphatic carbocycles. The van der Waals surface area contributed by atoms with Crippen LogP contribution in [0.4, 0.5) is 5.69 Å². The molecule has 2 heterocycles. The predicted molar refractivity (Wildman–Crippen MR) is 187 cm³/mol. The van der Waals surface area contributed by atoms with Crippen molar-refractivity contribution in [3.8, 4) is 28.3 Å². The second-order valence-electron chi connectivity index (χ2n) is 13.0. The minimum Gasteiger partial charge on any atom is -0.481 e. The molecular formula is C38H41ClN4O5. The number of carboxylic acids is 1. The van der Waals surface area contributed by atoms with Gasteiger partial charge in [-0.3, -0.25) is 19.3 Å². The van der Waals surface area contributed by atoms with Gasteiger partial charge in [0.25, 0.3) is 11.8 Å². The molecule has 2 aromatic carbocycles. The maximum atomic E-state index is 13.3. The largest absolute Gasteiger partial charge is 0.481 e. The number of piperidine rings is 1. The van der Waals surface area contributed by atoms with Crippen molar-refractivity contribution in [1.82, 2.24) is 14.8 Å². The van der Waals surface area contributed by atoms with Gasteiger partial charge >= 0.3 is 5.97 Å². The highest BCUT2D eigenvalue weighted by atomic mass is 35.5. The monoisotopic (exact) mass is 668 g/mol. The second kappa shape index (κ2) is 13.6. The van der Waals surface area contributed by atoms with Crippen LogP contribution in [-0.4, -0.2) is 72.0 Å². The Bertz CT molecular complexity index is 1840. The minimum atomic E-state index is -0.676. The van der Waals surface area contributed by atoms with Crippen LogP contribution < -0.4 is 10.1 Å². The van der Waals surface area contributed by atoms with Gasteiger partial charge in [0.05, 0.1) is 23.7 Å². The smallest absolute Gasteiger partial charge is 0.307 e. The van der Waals surface area contributed by atoms with E-state index in [1.807, 2.05) is 56.3 Å². The van der Waals surface area contributed by atoms with E-state index in [9.17, 15) is 19.5 Å². The number of carboxylic acid groups (broad SMARTS) is 1. The Morgan fingerprint density at radius 1 is 1.10 bits per heavy atom. The average molecular weight is 669 g/mol. The summed E-state index contributed by atoms with van der Waals surface area (Å²) < 4.78 is 5.86. The van der Waals surface area contributed by atoms with Gasteiger partial charge in [0.1, 0.15) is 5.57 Å². The number of pyridine rings is 1. The molecule has 3 aromatic rings. The predicted octanol–water partition coefficient (Wildman–Crippen LogP) is 6.56. The van der Waals surface area contributed by atoms with Crippen LogP contribution in [-0.2, 0) is 20.8 Å². The number of nitrogens with one attached hydrogen (secondary N) is 1. The van der Waals surface area contributed by atoms with Gasteiger partial charge in [0.15, 0.2) is 0 Å². The fraction of sp³-hybridized carbons (Fsp3) is 0.368. The number of likely N-dealkylation sites (N-methyl/N-ethyl adjacent to an activating group) is 1. The number of carbonyl (C=O) groups excluding carboxylic acids is 2. The van der Waals surface area contributed by atoms with Crippen molar-refractivity contribution < 1.29 is 24.2 Å². The zero-order valence-electron chi connectivity index (χ0n) is 27.9. The number of aliphatic carboxylic acids is 1. The molecule has 2 N–H and O–H groups in total. The van der Waals surface area contributed by atoms with Crippen LogP contribution >= 0.6 is 11.6 Å². The Hall–Kier alpha value is -4.47. The van der Waals surface area contributed by atoms with E-state index in [1.165, 1.54) is 10.5 Å². The van der Waals surface area contributed by atoms with Crippen molar-refractivity contribution >= 4 is 35.1 Å². The van der Waals surface area contributed by atoms with E-state index in [1.54, 1.807) is 33.4 Å². The third kappa shape index (κ3) is 6.13. The van der Waals surface area contributed by atoms with Crippen LogP contribution in [0.2, 0.25) is 5.02 Å². The van der Waals surface area contributed by atoms with Crippen molar-refractivity contribution in [1.29, 1.82) is 0 Å². The number of ether oxygens (including phenoxy) is 1. The number of benzene rings is 2. The van der Waals surface area contributed by atoms with Crippen molar-refractivity contribution in [3.63, 3.8) is 0 Å². The summed E-state index contributed by atoms with van der Waals surface area (Å²) in [6.45, 7) is 5.49. The van der Waals surface area contributed by atoms with Gasteiger partial charge in [-0.1, -0.05) is 61.0 Å². The van der Waals surface area contributed by atoms with Crippen molar-refractivity contribution in [3.05, 3.63) is 88.0 Å². The molecule has 0 radical (unpaired) electrons. The Morgan fingerprint density at radius 3 is 2.46 bits per heavy atom. The number of allylic oxidation sites excluding steroid dienone is 3. The zero-order valence-corrected chi connectivity index (χ0v) is 28.7. The van der Waals surface area contributed by atoms with Gasteiger partial charge < -0.3 is 20.1 Å². The fourth-order valence-electron chi connectivity index (χ4n) is 7.40. The number of hydrogen-bond acceptors (Lipinski definition) is 6. The molecule has 3 aliphatic rings. The average Bonchev–Trinajstić information content (AvgIpc) is 3.35. The maximum Gasteiger partial charge on any atom is 0.307 e. The molecule has 10 heteroatoms. The minimum absolute atomic E-state index is 0.0411. The molecule has 0 spiro atoms. The van der Waals surface area contributed by atoms with Crippen LogP contribution in [0.15, 0.2) is 66.3 Å². The Labute approximate surface area is 286 Å². The molecule has 0 bridgehead atoms. The first kappa shape index (κ1) is 33.4. The number of amides is 2. The van der Waals surface area contributed by atoms with Gasteiger partial charge in [-0.25, -0.2) is 4.98 Å². The first-order valence-corrected chi connectivity index (χ1v) is 16.8. The fourth-order valence-corrected chi connectivity index (χ4v) is 7.72. The summed E-state index contributed by atoms with van der Waals surface area (Å²) in [4.78, 5) is 46.4. The number of halogens is 1. The van der Waals surface area contributed by atoms with E-state index in [4.69, 9.17) is 21.3 Å². The van der Waals surface area contributed by atoms with Gasteiger partial charge in [-0.05, 0) is 72.9 Å². The second-order valence-corrected chi connectivity index (χ2v) is 13.4. The number of rotatable bonds is 10. The van der Waals surface area contributed by atoms with Crippen molar-refractivity contribution in [2.75, 3.05) is 39.6 Å². The topological polar surface area (TPSA) is 112 Å². The molecule has 2 amide bonds. The lowest BCUT2D eigenvalue weighted by Crippen LogP contribution is -2.30. The van der Waals surface area contributed by atoms with E-state index in [0.29, 0.717) is 22.3 Å². The molecule has 1 saturated heterocycles. The molecule has 3 atom stereocenters. The number of aromatic nitrogens is 1. The number of fused-ring (bicyclic) bond motifs is 2. The SMILES string of the molecule is CC/C=C/C=C(/C(=O)Nc1cccc(-c2cccc(-c3cc4c(c(OC)n3)C(N3CC5C(C3)C5C(=O)O)CC4)c2Cl)c1C)C(=O)N(C)C. The highest BCUT2D eigenvalue weighted by Gasteiger charge is 2.60. The lowest BCUT2D eigenvalue weighted by Gasteiger charge is -2.27. The first-order valence-electron chi connectivity index (χ1n) is 16.4. The van der Waals surface area contributed by atoms with Crippen LogP contribution in [0.25, 0.3) is 22.4 Å². The van der Waals surface area contributed by atoms with E-state index < -0.39 is 11.9 Å². The van der Waals surface area contributed by atoms with Gasteiger partial charge in [0, 0.05) is 55.6 Å². The third-order valence-electron chi connectivity index (χ3n) is 9.93. The van der Waals surface area contributed by atoms with Crippen molar-refractivity contribution in [2.24, 2.45) is 17.8 Å². The molecule has 48 heavy (non-hydrogen) atoms. The normalized spacial score (nSPS) is 21.6. The molecule has 250 valence electrons. The summed E-state index contributed by atoms with van der Waals surface area (Å²) >= 11 is 7.15. The summed E-state index contributed by atoms with van der Waals surface area (Å²) in [5.74, 6) is -0.696. The quantitative estimate of drug-likeness (QED) is 0.109. The number of carbonyl (C=O) groups is 3. The van der Waals surface area contributed by atoms with Crippen LogP contribution in [0, 0.1) is 24.7 Å². The molecule has 1 saturated carbocycles. The highest BCUT2D eigenvalue weighted by Crippen LogP contribution is 2.55. The van der Waals surface area contributed by atoms with Gasteiger partial charge in [0.2, 0.25) is 5.88 Å². The summed E-state index contributed by atoms with van der Waals surface area (Å²) in [6, 6.07) is 13.7. The third-order valence-corrected chi connectivity index (χ3v) is 10.3. The maximum absolute atomic E-state index is 13.3. The molecule has 6 rings (SSSR count).